The Kier molecular flexibility index (Phi) is 5.42. The second-order valence-corrected chi connectivity index (χ2v) is 4.63. The van der Waals surface area contributed by atoms with Gasteiger partial charge in [0, 0.05) is 13.6 Å². The average molecular weight is 288 g/mol. The minimum Gasteiger partial charge on any atom is -0.484 e. The van der Waals surface area contributed by atoms with Gasteiger partial charge >= 0.3 is 6.18 Å². The number of hydrogen-bond donors (Lipinski definition) is 0. The van der Waals surface area contributed by atoms with Gasteiger partial charge in [0.25, 0.3) is 0 Å². The number of nitrogens with zero attached hydrogens (tertiary/aromatic N) is 2. The van der Waals surface area contributed by atoms with Crippen molar-refractivity contribution in [3.05, 3.63) is 23.3 Å². The number of aliphatic imine (C=N–C) groups is 1. The Morgan fingerprint density at radius 1 is 1.25 bits per heavy atom. The average Bonchev–Trinajstić information content (AvgIpc) is 2.36. The molecule has 1 rings (SSSR count). The third-order valence-electron chi connectivity index (χ3n) is 2.78. The highest BCUT2D eigenvalue weighted by molar-refractivity contribution is 5.64. The van der Waals surface area contributed by atoms with E-state index in [4.69, 9.17) is 4.74 Å². The first-order chi connectivity index (χ1) is 9.23. The van der Waals surface area contributed by atoms with E-state index in [1.807, 2.05) is 18.9 Å². The Bertz CT molecular complexity index is 484. The quantitative estimate of drug-likeness (QED) is 0.607. The fourth-order valence-electron chi connectivity index (χ4n) is 1.47. The minimum atomic E-state index is -4.33. The SMILES string of the molecule is CCN(C)C=Nc1cc(C)c(OCC(F)(F)F)cc1C. The number of halogens is 3. The zero-order valence-electron chi connectivity index (χ0n) is 12.1. The van der Waals surface area contributed by atoms with E-state index in [9.17, 15) is 13.2 Å². The summed E-state index contributed by atoms with van der Waals surface area (Å²) in [5.74, 6) is 0.239. The Hall–Kier alpha value is -1.72. The summed E-state index contributed by atoms with van der Waals surface area (Å²) in [7, 11) is 1.90. The van der Waals surface area contributed by atoms with Crippen molar-refractivity contribution in [1.82, 2.24) is 4.90 Å². The van der Waals surface area contributed by atoms with Gasteiger partial charge in [-0.3, -0.25) is 0 Å². The molecule has 20 heavy (non-hydrogen) atoms. The number of hydrogen-bond acceptors (Lipinski definition) is 2. The maximum atomic E-state index is 12.1. The van der Waals surface area contributed by atoms with Crippen molar-refractivity contribution in [2.45, 2.75) is 26.9 Å². The van der Waals surface area contributed by atoms with Crippen molar-refractivity contribution in [3.63, 3.8) is 0 Å². The lowest BCUT2D eigenvalue weighted by Crippen LogP contribution is -2.19. The summed E-state index contributed by atoms with van der Waals surface area (Å²) in [6, 6.07) is 3.31. The topological polar surface area (TPSA) is 24.8 Å². The van der Waals surface area contributed by atoms with Crippen LogP contribution < -0.4 is 4.74 Å². The van der Waals surface area contributed by atoms with Crippen LogP contribution in [0.1, 0.15) is 18.1 Å². The molecule has 112 valence electrons. The van der Waals surface area contributed by atoms with Gasteiger partial charge in [0.2, 0.25) is 0 Å². The number of alkyl halides is 3. The van der Waals surface area contributed by atoms with Gasteiger partial charge in [-0.15, -0.1) is 0 Å². The van der Waals surface area contributed by atoms with Gasteiger partial charge in [0.1, 0.15) is 5.75 Å². The number of rotatable bonds is 5. The molecule has 0 aliphatic heterocycles. The molecule has 6 heteroatoms. The van der Waals surface area contributed by atoms with E-state index in [0.29, 0.717) is 5.56 Å². The highest BCUT2D eigenvalue weighted by atomic mass is 19.4. The molecule has 0 aliphatic carbocycles. The molecule has 0 saturated heterocycles. The van der Waals surface area contributed by atoms with E-state index in [1.54, 1.807) is 32.3 Å². The van der Waals surface area contributed by atoms with Crippen LogP contribution >= 0.6 is 0 Å². The van der Waals surface area contributed by atoms with E-state index in [1.165, 1.54) is 0 Å². The summed E-state index contributed by atoms with van der Waals surface area (Å²) < 4.78 is 41.2. The predicted octanol–water partition coefficient (Wildman–Crippen LogP) is 3.86. The van der Waals surface area contributed by atoms with Crippen LogP contribution in [0.25, 0.3) is 0 Å². The van der Waals surface area contributed by atoms with Crippen molar-refractivity contribution in [2.75, 3.05) is 20.2 Å². The fourth-order valence-corrected chi connectivity index (χ4v) is 1.47. The third-order valence-corrected chi connectivity index (χ3v) is 2.78. The van der Waals surface area contributed by atoms with Crippen LogP contribution in [0.5, 0.6) is 5.75 Å². The molecule has 0 radical (unpaired) electrons. The van der Waals surface area contributed by atoms with Crippen molar-refractivity contribution in [1.29, 1.82) is 0 Å². The summed E-state index contributed by atoms with van der Waals surface area (Å²) in [6.07, 6.45) is -2.64. The van der Waals surface area contributed by atoms with Gasteiger partial charge in [0.05, 0.1) is 12.0 Å². The van der Waals surface area contributed by atoms with Crippen LogP contribution in [0.2, 0.25) is 0 Å². The predicted molar refractivity (Wildman–Crippen MR) is 73.9 cm³/mol. The Labute approximate surface area is 117 Å². The standard InChI is InChI=1S/C14H19F3N2O/c1-5-19(4)9-18-12-6-11(3)13(7-10(12)2)20-8-14(15,16)17/h6-7,9H,5,8H2,1-4H3. The van der Waals surface area contributed by atoms with Crippen LogP contribution in [0.3, 0.4) is 0 Å². The van der Waals surface area contributed by atoms with E-state index in [2.05, 4.69) is 4.99 Å². The molecule has 0 saturated carbocycles. The van der Waals surface area contributed by atoms with Gasteiger partial charge in [0.15, 0.2) is 6.61 Å². The summed E-state index contributed by atoms with van der Waals surface area (Å²) in [5, 5.41) is 0. The molecule has 0 bridgehead atoms. The van der Waals surface area contributed by atoms with E-state index in [0.717, 1.165) is 17.8 Å². The first-order valence-electron chi connectivity index (χ1n) is 6.28. The summed E-state index contributed by atoms with van der Waals surface area (Å²) >= 11 is 0. The summed E-state index contributed by atoms with van der Waals surface area (Å²) in [4.78, 5) is 6.22. The van der Waals surface area contributed by atoms with Crippen molar-refractivity contribution in [3.8, 4) is 5.75 Å². The smallest absolute Gasteiger partial charge is 0.422 e. The van der Waals surface area contributed by atoms with E-state index < -0.39 is 12.8 Å². The van der Waals surface area contributed by atoms with Crippen LogP contribution in [0.4, 0.5) is 18.9 Å². The normalized spacial score (nSPS) is 11.9. The molecule has 0 N–H and O–H groups in total. The molecule has 0 heterocycles. The second-order valence-electron chi connectivity index (χ2n) is 4.63. The zero-order valence-corrected chi connectivity index (χ0v) is 12.1. The number of benzene rings is 1. The lowest BCUT2D eigenvalue weighted by Gasteiger charge is -2.14. The number of aryl methyl sites for hydroxylation is 2. The van der Waals surface area contributed by atoms with Gasteiger partial charge in [-0.2, -0.15) is 13.2 Å². The molecule has 0 unspecified atom stereocenters. The van der Waals surface area contributed by atoms with E-state index >= 15 is 0 Å². The lowest BCUT2D eigenvalue weighted by atomic mass is 10.1. The molecular formula is C14H19F3N2O. The van der Waals surface area contributed by atoms with Crippen LogP contribution in [0, 0.1) is 13.8 Å². The zero-order chi connectivity index (χ0) is 15.3. The minimum absolute atomic E-state index is 0.239. The third kappa shape index (κ3) is 5.11. The largest absolute Gasteiger partial charge is 0.484 e. The fraction of sp³-hybridized carbons (Fsp3) is 0.500. The molecular weight excluding hydrogens is 269 g/mol. The van der Waals surface area contributed by atoms with Crippen LogP contribution in [-0.2, 0) is 0 Å². The molecule has 1 aromatic rings. The van der Waals surface area contributed by atoms with Crippen molar-refractivity contribution < 1.29 is 17.9 Å². The number of ether oxygens (including phenoxy) is 1. The maximum absolute atomic E-state index is 12.1. The van der Waals surface area contributed by atoms with Gasteiger partial charge in [-0.05, 0) is 44.0 Å². The van der Waals surface area contributed by atoms with Crippen molar-refractivity contribution >= 4 is 12.0 Å². The molecule has 0 aromatic heterocycles. The molecule has 0 atom stereocenters. The molecule has 1 aromatic carbocycles. The second kappa shape index (κ2) is 6.63. The summed E-state index contributed by atoms with van der Waals surface area (Å²) in [5.41, 5.74) is 2.13. The Morgan fingerprint density at radius 2 is 1.90 bits per heavy atom. The highest BCUT2D eigenvalue weighted by Crippen LogP contribution is 2.29. The van der Waals surface area contributed by atoms with E-state index in [-0.39, 0.29) is 5.75 Å². The van der Waals surface area contributed by atoms with Crippen LogP contribution in [-0.4, -0.2) is 37.6 Å². The summed E-state index contributed by atoms with van der Waals surface area (Å²) in [6.45, 7) is 5.03. The molecule has 0 aliphatic rings. The molecule has 0 spiro atoms. The first kappa shape index (κ1) is 16.3. The monoisotopic (exact) mass is 288 g/mol. The maximum Gasteiger partial charge on any atom is 0.422 e. The van der Waals surface area contributed by atoms with Crippen molar-refractivity contribution in [2.24, 2.45) is 4.99 Å². The highest BCUT2D eigenvalue weighted by Gasteiger charge is 2.28. The Balaban J connectivity index is 2.89. The molecule has 0 amide bonds. The van der Waals surface area contributed by atoms with Crippen LogP contribution in [0.15, 0.2) is 17.1 Å². The van der Waals surface area contributed by atoms with Gasteiger partial charge < -0.3 is 9.64 Å². The molecule has 3 nitrogen and oxygen atoms in total. The Morgan fingerprint density at radius 3 is 2.45 bits per heavy atom. The molecule has 0 fully saturated rings. The van der Waals surface area contributed by atoms with Gasteiger partial charge in [-0.25, -0.2) is 4.99 Å². The lowest BCUT2D eigenvalue weighted by molar-refractivity contribution is -0.153. The van der Waals surface area contributed by atoms with Gasteiger partial charge in [-0.1, -0.05) is 0 Å². The first-order valence-corrected chi connectivity index (χ1v) is 6.28.